The van der Waals surface area contributed by atoms with Gasteiger partial charge in [-0.3, -0.25) is 0 Å². The van der Waals surface area contributed by atoms with Crippen LogP contribution in [0.15, 0.2) is 81.1 Å². The van der Waals surface area contributed by atoms with Gasteiger partial charge in [0, 0.05) is 6.54 Å². The summed E-state index contributed by atoms with van der Waals surface area (Å²) in [6.45, 7) is 0.287. The molecule has 0 amide bonds. The maximum absolute atomic E-state index is 14.3. The summed E-state index contributed by atoms with van der Waals surface area (Å²) in [6.07, 6.45) is 0. The van der Waals surface area contributed by atoms with E-state index in [9.17, 15) is 17.2 Å². The van der Waals surface area contributed by atoms with E-state index in [1.54, 1.807) is 24.3 Å². The minimum absolute atomic E-state index is 0.00388. The first-order valence-corrected chi connectivity index (χ1v) is 11.3. The van der Waals surface area contributed by atoms with Crippen LogP contribution in [0.5, 0.6) is 11.5 Å². The molecule has 0 aliphatic carbocycles. The third kappa shape index (κ3) is 4.00. The van der Waals surface area contributed by atoms with Gasteiger partial charge in [0.2, 0.25) is 33.4 Å². The van der Waals surface area contributed by atoms with Gasteiger partial charge in [-0.1, -0.05) is 18.2 Å². The minimum Gasteiger partial charge on any atom is -0.454 e. The Morgan fingerprint density at radius 1 is 0.939 bits per heavy atom. The molecule has 2 heterocycles. The molecule has 0 spiro atoms. The summed E-state index contributed by atoms with van der Waals surface area (Å²) < 4.78 is 70.4. The largest absolute Gasteiger partial charge is 0.454 e. The Hall–Kier alpha value is -3.92. The van der Waals surface area contributed by atoms with Crippen molar-refractivity contribution in [2.75, 3.05) is 12.1 Å². The molecule has 0 atom stereocenters. The van der Waals surface area contributed by atoms with E-state index >= 15 is 0 Å². The van der Waals surface area contributed by atoms with E-state index in [0.29, 0.717) is 11.5 Å². The summed E-state index contributed by atoms with van der Waals surface area (Å²) in [5.74, 6) is -0.399. The van der Waals surface area contributed by atoms with Gasteiger partial charge in [-0.25, -0.2) is 17.2 Å². The quantitative estimate of drug-likeness (QED) is 0.405. The number of hydrogen-bond donors (Lipinski definition) is 1. The summed E-state index contributed by atoms with van der Waals surface area (Å²) in [5, 5.41) is 2.48. The Morgan fingerprint density at radius 2 is 1.70 bits per heavy atom. The van der Waals surface area contributed by atoms with Gasteiger partial charge in [0.15, 0.2) is 11.5 Å². The molecule has 3 aromatic carbocycles. The Balaban J connectivity index is 1.54. The second-order valence-corrected chi connectivity index (χ2v) is 9.00. The molecule has 7 nitrogen and oxygen atoms in total. The summed E-state index contributed by atoms with van der Waals surface area (Å²) >= 11 is 0. The van der Waals surface area contributed by atoms with Gasteiger partial charge < -0.3 is 19.2 Å². The van der Waals surface area contributed by atoms with E-state index in [2.05, 4.69) is 10.3 Å². The smallest absolute Gasteiger partial charge is 0.234 e. The van der Waals surface area contributed by atoms with Gasteiger partial charge in [-0.15, -0.1) is 0 Å². The molecule has 1 N–H and O–H groups in total. The Bertz CT molecular complexity index is 1440. The highest BCUT2D eigenvalue weighted by Gasteiger charge is 2.29. The van der Waals surface area contributed by atoms with E-state index in [1.165, 1.54) is 18.2 Å². The van der Waals surface area contributed by atoms with Gasteiger partial charge in [0.1, 0.15) is 11.6 Å². The van der Waals surface area contributed by atoms with Crippen molar-refractivity contribution < 1.29 is 31.1 Å². The number of aromatic nitrogens is 1. The zero-order chi connectivity index (χ0) is 23.0. The van der Waals surface area contributed by atoms with E-state index in [0.717, 1.165) is 29.8 Å². The number of anilines is 1. The number of hydrogen-bond acceptors (Lipinski definition) is 7. The van der Waals surface area contributed by atoms with Crippen LogP contribution in [-0.2, 0) is 16.4 Å². The lowest BCUT2D eigenvalue weighted by molar-refractivity contribution is 0.174. The van der Waals surface area contributed by atoms with Crippen LogP contribution in [0.1, 0.15) is 5.56 Å². The topological polar surface area (TPSA) is 90.7 Å². The Labute approximate surface area is 187 Å². The van der Waals surface area contributed by atoms with E-state index in [4.69, 9.17) is 13.9 Å². The maximum Gasteiger partial charge on any atom is 0.234 e. The number of halogens is 2. The number of oxazole rings is 1. The first-order chi connectivity index (χ1) is 15.9. The van der Waals surface area contributed by atoms with Crippen LogP contribution in [0.25, 0.3) is 11.5 Å². The molecule has 0 bridgehead atoms. The molecule has 1 aliphatic rings. The van der Waals surface area contributed by atoms with Crippen LogP contribution in [0, 0.1) is 11.6 Å². The van der Waals surface area contributed by atoms with Crippen molar-refractivity contribution in [2.45, 2.75) is 16.5 Å². The molecular formula is C23H16F2N2O5S. The van der Waals surface area contributed by atoms with Crippen LogP contribution >= 0.6 is 0 Å². The van der Waals surface area contributed by atoms with E-state index in [-0.39, 0.29) is 35.6 Å². The third-order valence-corrected chi connectivity index (χ3v) is 6.65. The SMILES string of the molecule is O=S(=O)(c1ccc(F)cc1)c1nc(-c2ccccc2F)oc1NCc1ccc2c(c1)OCO2. The van der Waals surface area contributed by atoms with Crippen molar-refractivity contribution in [3.05, 3.63) is 83.9 Å². The second-order valence-electron chi connectivity index (χ2n) is 7.13. The number of ether oxygens (including phenoxy) is 2. The first kappa shape index (κ1) is 21.0. The lowest BCUT2D eigenvalue weighted by Crippen LogP contribution is -2.07. The van der Waals surface area contributed by atoms with E-state index in [1.807, 2.05) is 0 Å². The summed E-state index contributed by atoms with van der Waals surface area (Å²) in [6, 6.07) is 15.3. The Kier molecular flexibility index (Phi) is 5.21. The molecule has 0 saturated carbocycles. The van der Waals surface area contributed by atoms with Crippen LogP contribution < -0.4 is 14.8 Å². The van der Waals surface area contributed by atoms with Crippen molar-refractivity contribution in [1.82, 2.24) is 4.98 Å². The molecule has 0 unspecified atom stereocenters. The molecule has 4 aromatic rings. The highest BCUT2D eigenvalue weighted by Crippen LogP contribution is 2.35. The average molecular weight is 470 g/mol. The lowest BCUT2D eigenvalue weighted by atomic mass is 10.2. The lowest BCUT2D eigenvalue weighted by Gasteiger charge is -2.07. The van der Waals surface area contributed by atoms with Crippen molar-refractivity contribution in [2.24, 2.45) is 0 Å². The minimum atomic E-state index is -4.20. The first-order valence-electron chi connectivity index (χ1n) is 9.80. The monoisotopic (exact) mass is 470 g/mol. The molecule has 1 aromatic heterocycles. The molecule has 5 rings (SSSR count). The predicted octanol–water partition coefficient (Wildman–Crippen LogP) is 4.79. The number of rotatable bonds is 6. The highest BCUT2D eigenvalue weighted by molar-refractivity contribution is 7.91. The standard InChI is InChI=1S/C23H16F2N2O5S/c24-15-6-8-16(9-7-15)33(28,29)23-22(32-21(27-23)17-3-1-2-4-18(17)25)26-12-14-5-10-19-20(11-14)31-13-30-19/h1-11,26H,12-13H2. The van der Waals surface area contributed by atoms with Crippen LogP contribution in [0.2, 0.25) is 0 Å². The summed E-state index contributed by atoms with van der Waals surface area (Å²) in [4.78, 5) is 3.91. The molecule has 0 radical (unpaired) electrons. The number of nitrogens with one attached hydrogen (secondary N) is 1. The van der Waals surface area contributed by atoms with Crippen LogP contribution in [-0.4, -0.2) is 20.2 Å². The molecule has 0 saturated heterocycles. The molecule has 168 valence electrons. The maximum atomic E-state index is 14.3. The van der Waals surface area contributed by atoms with Crippen LogP contribution in [0.4, 0.5) is 14.7 Å². The van der Waals surface area contributed by atoms with Gasteiger partial charge in [0.05, 0.1) is 10.5 Å². The van der Waals surface area contributed by atoms with Crippen molar-refractivity contribution in [3.8, 4) is 23.0 Å². The van der Waals surface area contributed by atoms with Gasteiger partial charge in [0.25, 0.3) is 0 Å². The van der Waals surface area contributed by atoms with Crippen molar-refractivity contribution in [1.29, 1.82) is 0 Å². The van der Waals surface area contributed by atoms with Gasteiger partial charge >= 0.3 is 0 Å². The Morgan fingerprint density at radius 3 is 2.48 bits per heavy atom. The summed E-state index contributed by atoms with van der Waals surface area (Å²) in [7, 11) is -4.20. The zero-order valence-electron chi connectivity index (χ0n) is 16.9. The average Bonchev–Trinajstić information content (AvgIpc) is 3.45. The number of fused-ring (bicyclic) bond motifs is 1. The fraction of sp³-hybridized carbons (Fsp3) is 0.0870. The van der Waals surface area contributed by atoms with Crippen molar-refractivity contribution in [3.63, 3.8) is 0 Å². The molecule has 0 fully saturated rings. The highest BCUT2D eigenvalue weighted by atomic mass is 32.2. The fourth-order valence-corrected chi connectivity index (χ4v) is 4.59. The van der Waals surface area contributed by atoms with Gasteiger partial charge in [-0.05, 0) is 54.1 Å². The van der Waals surface area contributed by atoms with Gasteiger partial charge in [-0.2, -0.15) is 4.98 Å². The molecular weight excluding hydrogens is 454 g/mol. The normalized spacial score (nSPS) is 12.7. The van der Waals surface area contributed by atoms with Crippen molar-refractivity contribution >= 4 is 15.7 Å². The molecule has 1 aliphatic heterocycles. The number of sulfone groups is 1. The molecule has 10 heteroatoms. The molecule has 33 heavy (non-hydrogen) atoms. The fourth-order valence-electron chi connectivity index (χ4n) is 3.31. The predicted molar refractivity (Wildman–Crippen MR) is 114 cm³/mol. The number of nitrogens with zero attached hydrogens (tertiary/aromatic N) is 1. The van der Waals surface area contributed by atoms with Crippen LogP contribution in [0.3, 0.4) is 0 Å². The second kappa shape index (κ2) is 8.21. The summed E-state index contributed by atoms with van der Waals surface area (Å²) in [5.41, 5.74) is 0.761. The third-order valence-electron chi connectivity index (χ3n) is 4.97. The van der Waals surface area contributed by atoms with E-state index < -0.39 is 26.5 Å². The number of benzene rings is 3. The zero-order valence-corrected chi connectivity index (χ0v) is 17.7.